The van der Waals surface area contributed by atoms with Gasteiger partial charge in [-0.3, -0.25) is 9.59 Å². The molecule has 3 rings (SSSR count). The number of aryl methyl sites for hydroxylation is 1. The molecule has 1 saturated heterocycles. The van der Waals surface area contributed by atoms with Crippen LogP contribution in [0.15, 0.2) is 42.5 Å². The predicted molar refractivity (Wildman–Crippen MR) is 97.3 cm³/mol. The van der Waals surface area contributed by atoms with Crippen LogP contribution in [0.1, 0.15) is 26.3 Å². The zero-order chi connectivity index (χ0) is 18.5. The van der Waals surface area contributed by atoms with Crippen LogP contribution in [-0.2, 0) is 4.74 Å². The molecule has 5 nitrogen and oxygen atoms in total. The van der Waals surface area contributed by atoms with Gasteiger partial charge in [-0.25, -0.2) is 4.39 Å². The monoisotopic (exact) mass is 356 g/mol. The van der Waals surface area contributed by atoms with Gasteiger partial charge in [0.1, 0.15) is 5.82 Å². The number of hydrogen-bond donors (Lipinski definition) is 1. The van der Waals surface area contributed by atoms with Gasteiger partial charge in [-0.05, 0) is 55.0 Å². The summed E-state index contributed by atoms with van der Waals surface area (Å²) in [5, 5.41) is 2.58. The van der Waals surface area contributed by atoms with Crippen molar-refractivity contribution in [3.05, 3.63) is 65.0 Å². The maximum absolute atomic E-state index is 13.3. The summed E-state index contributed by atoms with van der Waals surface area (Å²) in [5.74, 6) is -0.935. The Morgan fingerprint density at radius 1 is 1.08 bits per heavy atom. The second-order valence-electron chi connectivity index (χ2n) is 6.22. The molecule has 0 unspecified atom stereocenters. The molecular formula is C20H21FN2O3. The Labute approximate surface area is 151 Å². The molecule has 2 aromatic carbocycles. The van der Waals surface area contributed by atoms with Gasteiger partial charge >= 0.3 is 0 Å². The number of morpholine rings is 1. The third-order valence-corrected chi connectivity index (χ3v) is 4.40. The van der Waals surface area contributed by atoms with E-state index < -0.39 is 5.91 Å². The molecule has 1 heterocycles. The quantitative estimate of drug-likeness (QED) is 0.837. The summed E-state index contributed by atoms with van der Waals surface area (Å²) >= 11 is 0. The molecule has 1 N–H and O–H groups in total. The van der Waals surface area contributed by atoms with Crippen molar-refractivity contribution in [3.8, 4) is 0 Å². The zero-order valence-corrected chi connectivity index (χ0v) is 14.6. The lowest BCUT2D eigenvalue weighted by molar-refractivity contribution is 0.0904. The molecule has 0 spiro atoms. The second kappa shape index (κ2) is 8.10. The van der Waals surface area contributed by atoms with Crippen molar-refractivity contribution in [1.82, 2.24) is 5.32 Å². The van der Waals surface area contributed by atoms with E-state index in [1.165, 1.54) is 18.2 Å². The molecule has 6 heteroatoms. The van der Waals surface area contributed by atoms with Gasteiger partial charge in [-0.15, -0.1) is 0 Å². The van der Waals surface area contributed by atoms with Crippen molar-refractivity contribution >= 4 is 17.4 Å². The molecule has 0 saturated carbocycles. The minimum atomic E-state index is -0.397. The predicted octanol–water partition coefficient (Wildman–Crippen LogP) is 2.58. The first-order chi connectivity index (χ1) is 12.5. The summed E-state index contributed by atoms with van der Waals surface area (Å²) in [6.07, 6.45) is 0. The first kappa shape index (κ1) is 18.1. The number of benzene rings is 2. The molecular weight excluding hydrogens is 335 g/mol. The standard InChI is InChI=1S/C20H21FN2O3/c1-14-12-16(4-7-18(14)21)20(25)22-13-19(24)15-2-5-17(6-3-15)23-8-10-26-11-9-23/h2-7,12H,8-11,13H2,1H3,(H,22,25). The Kier molecular flexibility index (Phi) is 5.63. The Balaban J connectivity index is 1.57. The largest absolute Gasteiger partial charge is 0.378 e. The minimum absolute atomic E-state index is 0.105. The van der Waals surface area contributed by atoms with E-state index in [4.69, 9.17) is 4.74 Å². The minimum Gasteiger partial charge on any atom is -0.378 e. The van der Waals surface area contributed by atoms with Crippen molar-refractivity contribution in [2.24, 2.45) is 0 Å². The molecule has 0 aliphatic carbocycles. The molecule has 1 fully saturated rings. The highest BCUT2D eigenvalue weighted by Crippen LogP contribution is 2.17. The molecule has 1 amide bonds. The Morgan fingerprint density at radius 3 is 2.38 bits per heavy atom. The molecule has 0 atom stereocenters. The normalized spacial score (nSPS) is 14.2. The number of halogens is 1. The smallest absolute Gasteiger partial charge is 0.251 e. The molecule has 0 radical (unpaired) electrons. The summed E-state index contributed by atoms with van der Waals surface area (Å²) in [6.45, 7) is 4.56. The van der Waals surface area contributed by atoms with Crippen LogP contribution in [0.2, 0.25) is 0 Å². The van der Waals surface area contributed by atoms with Gasteiger partial charge in [0.25, 0.3) is 5.91 Å². The zero-order valence-electron chi connectivity index (χ0n) is 14.6. The fourth-order valence-electron chi connectivity index (χ4n) is 2.83. The summed E-state index contributed by atoms with van der Waals surface area (Å²) in [4.78, 5) is 26.6. The van der Waals surface area contributed by atoms with E-state index in [1.807, 2.05) is 12.1 Å². The van der Waals surface area contributed by atoms with Gasteiger partial charge in [0.2, 0.25) is 0 Å². The van der Waals surface area contributed by atoms with E-state index in [-0.39, 0.29) is 18.1 Å². The van der Waals surface area contributed by atoms with Gasteiger partial charge in [0.15, 0.2) is 5.78 Å². The van der Waals surface area contributed by atoms with Crippen molar-refractivity contribution < 1.29 is 18.7 Å². The number of carbonyl (C=O) groups is 2. The van der Waals surface area contributed by atoms with Crippen molar-refractivity contribution in [2.75, 3.05) is 37.7 Å². The van der Waals surface area contributed by atoms with Crippen LogP contribution in [0.25, 0.3) is 0 Å². The summed E-state index contributed by atoms with van der Waals surface area (Å²) in [5.41, 5.74) is 2.32. The molecule has 1 aliphatic rings. The lowest BCUT2D eigenvalue weighted by atomic mass is 10.1. The molecule has 0 aromatic heterocycles. The maximum Gasteiger partial charge on any atom is 0.251 e. The number of ketones is 1. The van der Waals surface area contributed by atoms with E-state index >= 15 is 0 Å². The van der Waals surface area contributed by atoms with E-state index in [0.717, 1.165) is 18.8 Å². The summed E-state index contributed by atoms with van der Waals surface area (Å²) in [7, 11) is 0. The number of nitrogens with one attached hydrogen (secondary N) is 1. The molecule has 2 aromatic rings. The molecule has 26 heavy (non-hydrogen) atoms. The first-order valence-electron chi connectivity index (χ1n) is 8.55. The Bertz CT molecular complexity index is 799. The van der Waals surface area contributed by atoms with Crippen LogP contribution in [-0.4, -0.2) is 44.5 Å². The number of amides is 1. The van der Waals surface area contributed by atoms with E-state index in [9.17, 15) is 14.0 Å². The van der Waals surface area contributed by atoms with Crippen LogP contribution in [0, 0.1) is 12.7 Å². The number of hydrogen-bond acceptors (Lipinski definition) is 4. The van der Waals surface area contributed by atoms with Crippen LogP contribution in [0.4, 0.5) is 10.1 Å². The van der Waals surface area contributed by atoms with Crippen LogP contribution < -0.4 is 10.2 Å². The topological polar surface area (TPSA) is 58.6 Å². The number of carbonyl (C=O) groups excluding carboxylic acids is 2. The van der Waals surface area contributed by atoms with Crippen LogP contribution >= 0.6 is 0 Å². The highest BCUT2D eigenvalue weighted by atomic mass is 19.1. The average Bonchev–Trinajstić information content (AvgIpc) is 2.68. The lowest BCUT2D eigenvalue weighted by Crippen LogP contribution is -2.36. The SMILES string of the molecule is Cc1cc(C(=O)NCC(=O)c2ccc(N3CCOCC3)cc2)ccc1F. The Morgan fingerprint density at radius 2 is 1.73 bits per heavy atom. The summed E-state index contributed by atoms with van der Waals surface area (Å²) < 4.78 is 18.6. The highest BCUT2D eigenvalue weighted by Gasteiger charge is 2.13. The lowest BCUT2D eigenvalue weighted by Gasteiger charge is -2.28. The highest BCUT2D eigenvalue weighted by molar-refractivity contribution is 6.02. The third kappa shape index (κ3) is 4.26. The third-order valence-electron chi connectivity index (χ3n) is 4.40. The van der Waals surface area contributed by atoms with Crippen LogP contribution in [0.3, 0.4) is 0 Å². The van der Waals surface area contributed by atoms with Crippen LogP contribution in [0.5, 0.6) is 0 Å². The number of anilines is 1. The Hall–Kier alpha value is -2.73. The fraction of sp³-hybridized carbons (Fsp3) is 0.300. The molecule has 136 valence electrons. The molecule has 0 bridgehead atoms. The number of ether oxygens (including phenoxy) is 1. The van der Waals surface area contributed by atoms with Crippen molar-refractivity contribution in [1.29, 1.82) is 0 Å². The number of Topliss-reactive ketones (excluding diaryl/α,β-unsaturated/α-hetero) is 1. The molecule has 1 aliphatic heterocycles. The van der Waals surface area contributed by atoms with Crippen molar-refractivity contribution in [3.63, 3.8) is 0 Å². The van der Waals surface area contributed by atoms with E-state index in [2.05, 4.69) is 10.2 Å². The average molecular weight is 356 g/mol. The van der Waals surface area contributed by atoms with Gasteiger partial charge < -0.3 is 15.0 Å². The van der Waals surface area contributed by atoms with Gasteiger partial charge in [-0.1, -0.05) is 0 Å². The maximum atomic E-state index is 13.3. The van der Waals surface area contributed by atoms with Gasteiger partial charge in [-0.2, -0.15) is 0 Å². The second-order valence-corrected chi connectivity index (χ2v) is 6.22. The van der Waals surface area contributed by atoms with Gasteiger partial charge in [0, 0.05) is 29.9 Å². The van der Waals surface area contributed by atoms with E-state index in [1.54, 1.807) is 19.1 Å². The van der Waals surface area contributed by atoms with Crippen molar-refractivity contribution in [2.45, 2.75) is 6.92 Å². The van der Waals surface area contributed by atoms with Gasteiger partial charge in [0.05, 0.1) is 19.8 Å². The number of nitrogens with zero attached hydrogens (tertiary/aromatic N) is 1. The first-order valence-corrected chi connectivity index (χ1v) is 8.55. The van der Waals surface area contributed by atoms with E-state index in [0.29, 0.717) is 29.9 Å². The number of rotatable bonds is 5. The summed E-state index contributed by atoms with van der Waals surface area (Å²) in [6, 6.07) is 11.5. The fourth-order valence-corrected chi connectivity index (χ4v) is 2.83.